The summed E-state index contributed by atoms with van der Waals surface area (Å²) in [5.41, 5.74) is 0.655. The zero-order valence-corrected chi connectivity index (χ0v) is 11.6. The maximum absolute atomic E-state index is 12.4. The fourth-order valence-corrected chi connectivity index (χ4v) is 2.99. The molecule has 96 valence electrons. The molecule has 0 amide bonds. The monoisotopic (exact) mass is 256 g/mol. The van der Waals surface area contributed by atoms with E-state index in [1.54, 1.807) is 25.2 Å². The van der Waals surface area contributed by atoms with Gasteiger partial charge in [-0.05, 0) is 32.9 Å². The van der Waals surface area contributed by atoms with Crippen molar-refractivity contribution < 1.29 is 8.42 Å². The number of hydrogen-bond donors (Lipinski definition) is 1. The number of hydrogen-bond acceptors (Lipinski definition) is 3. The largest absolute Gasteiger partial charge is 0.384 e. The van der Waals surface area contributed by atoms with Crippen LogP contribution in [-0.2, 0) is 10.0 Å². The van der Waals surface area contributed by atoms with E-state index in [0.717, 1.165) is 0 Å². The first kappa shape index (κ1) is 14.0. The van der Waals surface area contributed by atoms with Crippen molar-refractivity contribution in [2.75, 3.05) is 18.9 Å². The lowest BCUT2D eigenvalue weighted by Gasteiger charge is -2.22. The Kier molecular flexibility index (Phi) is 4.54. The normalized spacial score (nSPS) is 12.1. The number of anilines is 1. The molecule has 0 atom stereocenters. The molecule has 0 spiro atoms. The summed E-state index contributed by atoms with van der Waals surface area (Å²) in [7, 11) is -1.82. The van der Waals surface area contributed by atoms with Crippen LogP contribution in [0.5, 0.6) is 0 Å². The zero-order chi connectivity index (χ0) is 13.1. The lowest BCUT2D eigenvalue weighted by molar-refractivity contribution is 0.411. The first-order valence-corrected chi connectivity index (χ1v) is 7.16. The highest BCUT2D eigenvalue weighted by Crippen LogP contribution is 2.24. The van der Waals surface area contributed by atoms with Crippen molar-refractivity contribution in [3.05, 3.63) is 24.3 Å². The van der Waals surface area contributed by atoms with Crippen molar-refractivity contribution in [3.8, 4) is 0 Å². The molecule has 0 saturated heterocycles. The minimum Gasteiger partial charge on any atom is -0.384 e. The summed E-state index contributed by atoms with van der Waals surface area (Å²) in [6.45, 7) is 6.34. The van der Waals surface area contributed by atoms with Crippen molar-refractivity contribution in [2.24, 2.45) is 0 Å². The fraction of sp³-hybridized carbons (Fsp3) is 0.500. The van der Waals surface area contributed by atoms with Crippen LogP contribution < -0.4 is 5.32 Å². The molecular weight excluding hydrogens is 236 g/mol. The van der Waals surface area contributed by atoms with Gasteiger partial charge in [-0.1, -0.05) is 12.1 Å². The smallest absolute Gasteiger partial charge is 0.245 e. The number of rotatable bonds is 5. The highest BCUT2D eigenvalue weighted by Gasteiger charge is 2.25. The molecule has 0 aliphatic heterocycles. The summed E-state index contributed by atoms with van der Waals surface area (Å²) in [5, 5.41) is 3.07. The minimum atomic E-state index is -3.42. The minimum absolute atomic E-state index is 0.0605. The topological polar surface area (TPSA) is 49.4 Å². The molecule has 4 nitrogen and oxygen atoms in total. The van der Waals surface area contributed by atoms with Crippen molar-refractivity contribution in [1.29, 1.82) is 0 Å². The summed E-state index contributed by atoms with van der Waals surface area (Å²) < 4.78 is 26.1. The van der Waals surface area contributed by atoms with Crippen LogP contribution in [0.25, 0.3) is 0 Å². The van der Waals surface area contributed by atoms with E-state index >= 15 is 0 Å². The number of nitrogens with zero attached hydrogens (tertiary/aromatic N) is 1. The molecule has 1 N–H and O–H groups in total. The summed E-state index contributed by atoms with van der Waals surface area (Å²) in [4.78, 5) is 0.332. The van der Waals surface area contributed by atoms with Gasteiger partial charge in [-0.25, -0.2) is 8.42 Å². The average Bonchev–Trinajstić information content (AvgIpc) is 2.29. The van der Waals surface area contributed by atoms with Crippen LogP contribution in [0.1, 0.15) is 20.8 Å². The third-order valence-electron chi connectivity index (χ3n) is 2.64. The first-order chi connectivity index (χ1) is 7.91. The van der Waals surface area contributed by atoms with Crippen LogP contribution in [0.2, 0.25) is 0 Å². The molecule has 0 aliphatic carbocycles. The van der Waals surface area contributed by atoms with Gasteiger partial charge in [-0.15, -0.1) is 0 Å². The van der Waals surface area contributed by atoms with Crippen LogP contribution in [0.15, 0.2) is 29.2 Å². The number of nitrogens with one attached hydrogen (secondary N) is 1. The van der Waals surface area contributed by atoms with Crippen LogP contribution in [-0.4, -0.2) is 32.4 Å². The van der Waals surface area contributed by atoms with Gasteiger partial charge in [0.05, 0.1) is 5.69 Å². The second-order valence-electron chi connectivity index (χ2n) is 4.14. The van der Waals surface area contributed by atoms with Crippen molar-refractivity contribution in [3.63, 3.8) is 0 Å². The lowest BCUT2D eigenvalue weighted by Crippen LogP contribution is -2.33. The Morgan fingerprint density at radius 3 is 2.41 bits per heavy atom. The van der Waals surface area contributed by atoms with E-state index in [-0.39, 0.29) is 6.04 Å². The van der Waals surface area contributed by atoms with E-state index in [9.17, 15) is 8.42 Å². The van der Waals surface area contributed by atoms with E-state index < -0.39 is 10.0 Å². The molecule has 0 bridgehead atoms. The van der Waals surface area contributed by atoms with Crippen molar-refractivity contribution >= 4 is 15.7 Å². The van der Waals surface area contributed by atoms with E-state index in [4.69, 9.17) is 0 Å². The molecule has 5 heteroatoms. The molecule has 0 unspecified atom stereocenters. The van der Waals surface area contributed by atoms with Crippen LogP contribution in [0, 0.1) is 0 Å². The van der Waals surface area contributed by atoms with Crippen LogP contribution in [0.3, 0.4) is 0 Å². The summed E-state index contributed by atoms with van der Waals surface area (Å²) >= 11 is 0. The standard InChI is InChI=1S/C12H20N2O2S/c1-5-13-11-8-6-7-9-12(11)17(15,16)14(4)10(2)3/h6-10,13H,5H2,1-4H3. The highest BCUT2D eigenvalue weighted by atomic mass is 32.2. The molecule has 1 aromatic carbocycles. The number of sulfonamides is 1. The van der Waals surface area contributed by atoms with Gasteiger partial charge >= 0.3 is 0 Å². The highest BCUT2D eigenvalue weighted by molar-refractivity contribution is 7.89. The zero-order valence-electron chi connectivity index (χ0n) is 10.8. The van der Waals surface area contributed by atoms with Gasteiger partial charge in [0.2, 0.25) is 10.0 Å². The van der Waals surface area contributed by atoms with Gasteiger partial charge in [-0.2, -0.15) is 4.31 Å². The second-order valence-corrected chi connectivity index (χ2v) is 6.11. The van der Waals surface area contributed by atoms with Gasteiger partial charge in [0.25, 0.3) is 0 Å². The SMILES string of the molecule is CCNc1ccccc1S(=O)(=O)N(C)C(C)C. The predicted molar refractivity (Wildman–Crippen MR) is 70.7 cm³/mol. The Morgan fingerprint density at radius 2 is 1.88 bits per heavy atom. The molecule has 17 heavy (non-hydrogen) atoms. The molecule has 0 aromatic heterocycles. The summed E-state index contributed by atoms with van der Waals surface area (Å²) in [6, 6.07) is 6.92. The Hall–Kier alpha value is -1.07. The van der Waals surface area contributed by atoms with E-state index in [0.29, 0.717) is 17.1 Å². The predicted octanol–water partition coefficient (Wildman–Crippen LogP) is 2.15. The molecule has 0 saturated carbocycles. The quantitative estimate of drug-likeness (QED) is 0.878. The molecule has 0 fully saturated rings. The van der Waals surface area contributed by atoms with Gasteiger partial charge in [0, 0.05) is 19.6 Å². The summed E-state index contributed by atoms with van der Waals surface area (Å²) in [5.74, 6) is 0. The van der Waals surface area contributed by atoms with Gasteiger partial charge < -0.3 is 5.32 Å². The molecule has 0 aliphatic rings. The van der Waals surface area contributed by atoms with Gasteiger partial charge in [0.15, 0.2) is 0 Å². The average molecular weight is 256 g/mol. The maximum atomic E-state index is 12.4. The van der Waals surface area contributed by atoms with Crippen LogP contribution in [0.4, 0.5) is 5.69 Å². The van der Waals surface area contributed by atoms with Crippen molar-refractivity contribution in [1.82, 2.24) is 4.31 Å². The van der Waals surface area contributed by atoms with E-state index in [2.05, 4.69) is 5.32 Å². The number of benzene rings is 1. The van der Waals surface area contributed by atoms with Crippen LogP contribution >= 0.6 is 0 Å². The third kappa shape index (κ3) is 2.98. The molecule has 0 radical (unpaired) electrons. The lowest BCUT2D eigenvalue weighted by atomic mass is 10.3. The van der Waals surface area contributed by atoms with Gasteiger partial charge in [0.1, 0.15) is 4.90 Å². The second kappa shape index (κ2) is 5.51. The van der Waals surface area contributed by atoms with Crippen molar-refractivity contribution in [2.45, 2.75) is 31.7 Å². The Labute approximate surface area is 104 Å². The van der Waals surface area contributed by atoms with Gasteiger partial charge in [-0.3, -0.25) is 0 Å². The molecule has 0 heterocycles. The third-order valence-corrected chi connectivity index (χ3v) is 4.73. The fourth-order valence-electron chi connectivity index (χ4n) is 1.46. The summed E-state index contributed by atoms with van der Waals surface area (Å²) in [6.07, 6.45) is 0. The molecule has 1 rings (SSSR count). The molecular formula is C12H20N2O2S. The molecule has 1 aromatic rings. The van der Waals surface area contributed by atoms with E-state index in [1.165, 1.54) is 4.31 Å². The first-order valence-electron chi connectivity index (χ1n) is 5.72. The maximum Gasteiger partial charge on any atom is 0.245 e. The number of para-hydroxylation sites is 1. The Bertz CT molecular complexity index is 469. The Morgan fingerprint density at radius 1 is 1.29 bits per heavy atom. The Balaban J connectivity index is 3.23. The van der Waals surface area contributed by atoms with E-state index in [1.807, 2.05) is 26.8 Å².